The summed E-state index contributed by atoms with van der Waals surface area (Å²) in [6, 6.07) is -0.254. The van der Waals surface area contributed by atoms with Crippen molar-refractivity contribution in [3.05, 3.63) is 0 Å². The number of hydrogen-bond acceptors (Lipinski definition) is 5. The Hall–Kier alpha value is -1.67. The van der Waals surface area contributed by atoms with E-state index in [4.69, 9.17) is 0 Å². The van der Waals surface area contributed by atoms with Gasteiger partial charge in [0.1, 0.15) is 5.54 Å². The van der Waals surface area contributed by atoms with Gasteiger partial charge in [0.25, 0.3) is 5.91 Å². The molecule has 3 aliphatic rings. The fourth-order valence-electron chi connectivity index (χ4n) is 4.93. The van der Waals surface area contributed by atoms with Crippen molar-refractivity contribution in [2.75, 3.05) is 45.9 Å². The maximum atomic E-state index is 13.2. The summed E-state index contributed by atoms with van der Waals surface area (Å²) in [5, 5.41) is 5.94. The first-order valence-corrected chi connectivity index (χ1v) is 11.5. The number of imide groups is 1. The highest BCUT2D eigenvalue weighted by Crippen LogP contribution is 2.43. The minimum atomic E-state index is -0.696. The van der Waals surface area contributed by atoms with Crippen LogP contribution in [0.3, 0.4) is 0 Å². The van der Waals surface area contributed by atoms with Crippen molar-refractivity contribution in [3.8, 4) is 0 Å². The third-order valence-electron chi connectivity index (χ3n) is 7.06. The average Bonchev–Trinajstić information content (AvgIpc) is 2.91. The number of amides is 4. The summed E-state index contributed by atoms with van der Waals surface area (Å²) >= 11 is 0. The Labute approximate surface area is 180 Å². The molecular formula is C22H39N5O3. The lowest BCUT2D eigenvalue weighted by atomic mass is 9.67. The molecule has 0 bridgehead atoms. The first kappa shape index (κ1) is 23.0. The molecule has 0 radical (unpaired) electrons. The van der Waals surface area contributed by atoms with Crippen LogP contribution in [-0.2, 0) is 9.59 Å². The van der Waals surface area contributed by atoms with Gasteiger partial charge in [-0.1, -0.05) is 27.7 Å². The number of piperazine rings is 1. The number of hydrogen-bond donors (Lipinski definition) is 2. The summed E-state index contributed by atoms with van der Waals surface area (Å²) < 4.78 is 0. The largest absolute Gasteiger partial charge is 0.355 e. The highest BCUT2D eigenvalue weighted by molar-refractivity contribution is 6.07. The summed E-state index contributed by atoms with van der Waals surface area (Å²) in [4.78, 5) is 43.4. The molecule has 30 heavy (non-hydrogen) atoms. The van der Waals surface area contributed by atoms with E-state index in [1.165, 1.54) is 4.90 Å². The van der Waals surface area contributed by atoms with Crippen LogP contribution in [0.4, 0.5) is 4.79 Å². The van der Waals surface area contributed by atoms with E-state index in [1.54, 1.807) is 0 Å². The third kappa shape index (κ3) is 5.14. The van der Waals surface area contributed by atoms with Crippen molar-refractivity contribution in [3.63, 3.8) is 0 Å². The Morgan fingerprint density at radius 3 is 2.27 bits per heavy atom. The summed E-state index contributed by atoms with van der Waals surface area (Å²) in [6.07, 6.45) is 4.35. The SMILES string of the molecule is CCCNC(=O)CN1CCN(CN2C(=O)NC3(CCC(C(C)(C)C)CC3)C2=O)CC1. The molecule has 8 nitrogen and oxygen atoms in total. The molecule has 170 valence electrons. The molecule has 0 aromatic heterocycles. The lowest BCUT2D eigenvalue weighted by Crippen LogP contribution is -2.54. The number of carbonyl (C=O) groups is 3. The number of urea groups is 1. The molecule has 3 rings (SSSR count). The predicted octanol–water partition coefficient (Wildman–Crippen LogP) is 1.61. The third-order valence-corrected chi connectivity index (χ3v) is 7.06. The smallest absolute Gasteiger partial charge is 0.326 e. The lowest BCUT2D eigenvalue weighted by molar-refractivity contribution is -0.134. The highest BCUT2D eigenvalue weighted by atomic mass is 16.2. The van der Waals surface area contributed by atoms with E-state index in [9.17, 15) is 14.4 Å². The zero-order valence-electron chi connectivity index (χ0n) is 19.1. The molecule has 3 fully saturated rings. The lowest BCUT2D eigenvalue weighted by Gasteiger charge is -2.41. The van der Waals surface area contributed by atoms with Crippen molar-refractivity contribution in [2.45, 2.75) is 65.3 Å². The number of carbonyl (C=O) groups excluding carboxylic acids is 3. The zero-order chi connectivity index (χ0) is 21.9. The van der Waals surface area contributed by atoms with E-state index in [0.29, 0.717) is 25.7 Å². The average molecular weight is 422 g/mol. The quantitative estimate of drug-likeness (QED) is 0.637. The van der Waals surface area contributed by atoms with Gasteiger partial charge in [-0.2, -0.15) is 0 Å². The molecule has 1 spiro atoms. The van der Waals surface area contributed by atoms with E-state index >= 15 is 0 Å². The van der Waals surface area contributed by atoms with Gasteiger partial charge >= 0.3 is 6.03 Å². The molecule has 1 saturated carbocycles. The summed E-state index contributed by atoms with van der Waals surface area (Å²) in [6.45, 7) is 13.3. The van der Waals surface area contributed by atoms with Crippen molar-refractivity contribution in [2.24, 2.45) is 11.3 Å². The minimum absolute atomic E-state index is 0.0544. The van der Waals surface area contributed by atoms with Crippen molar-refractivity contribution in [1.29, 1.82) is 0 Å². The Morgan fingerprint density at radius 2 is 1.70 bits per heavy atom. The van der Waals surface area contributed by atoms with Gasteiger partial charge in [-0.3, -0.25) is 19.4 Å². The predicted molar refractivity (Wildman–Crippen MR) is 116 cm³/mol. The Bertz CT molecular complexity index is 644. The topological polar surface area (TPSA) is 85.0 Å². The molecule has 2 N–H and O–H groups in total. The molecule has 0 aromatic carbocycles. The normalized spacial score (nSPS) is 28.8. The monoisotopic (exact) mass is 421 g/mol. The molecule has 2 heterocycles. The van der Waals surface area contributed by atoms with Gasteiger partial charge in [-0.05, 0) is 43.4 Å². The van der Waals surface area contributed by atoms with Crippen LogP contribution in [-0.4, -0.2) is 84.0 Å². The second-order valence-corrected chi connectivity index (χ2v) is 10.3. The van der Waals surface area contributed by atoms with Gasteiger partial charge in [0.15, 0.2) is 0 Å². The summed E-state index contributed by atoms with van der Waals surface area (Å²) in [7, 11) is 0. The van der Waals surface area contributed by atoms with Gasteiger partial charge < -0.3 is 10.6 Å². The molecule has 0 aromatic rings. The molecule has 0 atom stereocenters. The Morgan fingerprint density at radius 1 is 1.10 bits per heavy atom. The standard InChI is InChI=1S/C22H39N5O3/c1-5-10-23-18(28)15-25-11-13-26(14-12-25)16-27-19(29)22(24-20(27)30)8-6-17(7-9-22)21(2,3)4/h17H,5-16H2,1-4H3,(H,23,28)(H,24,30). The molecular weight excluding hydrogens is 382 g/mol. The number of rotatable bonds is 6. The van der Waals surface area contributed by atoms with Gasteiger partial charge in [0.2, 0.25) is 5.91 Å². The number of nitrogens with one attached hydrogen (secondary N) is 2. The first-order chi connectivity index (χ1) is 14.1. The molecule has 0 unspecified atom stereocenters. The fourth-order valence-corrected chi connectivity index (χ4v) is 4.93. The van der Waals surface area contributed by atoms with E-state index in [1.807, 2.05) is 6.92 Å². The molecule has 2 aliphatic heterocycles. The van der Waals surface area contributed by atoms with Crippen LogP contribution in [0.5, 0.6) is 0 Å². The van der Waals surface area contributed by atoms with Crippen LogP contribution in [0.15, 0.2) is 0 Å². The number of nitrogens with zero attached hydrogens (tertiary/aromatic N) is 3. The van der Waals surface area contributed by atoms with Gasteiger partial charge in [-0.15, -0.1) is 0 Å². The van der Waals surface area contributed by atoms with E-state index in [2.05, 4.69) is 41.2 Å². The molecule has 2 saturated heterocycles. The van der Waals surface area contributed by atoms with Gasteiger partial charge in [0.05, 0.1) is 13.2 Å². The van der Waals surface area contributed by atoms with Crippen LogP contribution in [0.1, 0.15) is 59.8 Å². The van der Waals surface area contributed by atoms with Crippen LogP contribution in [0.25, 0.3) is 0 Å². The van der Waals surface area contributed by atoms with Crippen LogP contribution < -0.4 is 10.6 Å². The maximum Gasteiger partial charge on any atom is 0.326 e. The maximum absolute atomic E-state index is 13.2. The second-order valence-electron chi connectivity index (χ2n) is 10.3. The van der Waals surface area contributed by atoms with Crippen molar-refractivity contribution in [1.82, 2.24) is 25.3 Å². The van der Waals surface area contributed by atoms with Gasteiger partial charge in [0, 0.05) is 32.7 Å². The zero-order valence-corrected chi connectivity index (χ0v) is 19.1. The van der Waals surface area contributed by atoms with Crippen molar-refractivity contribution < 1.29 is 14.4 Å². The van der Waals surface area contributed by atoms with Crippen LogP contribution in [0.2, 0.25) is 0 Å². The first-order valence-electron chi connectivity index (χ1n) is 11.5. The molecule has 8 heteroatoms. The van der Waals surface area contributed by atoms with Crippen LogP contribution >= 0.6 is 0 Å². The van der Waals surface area contributed by atoms with E-state index < -0.39 is 5.54 Å². The van der Waals surface area contributed by atoms with E-state index in [-0.39, 0.29) is 23.3 Å². The Kier molecular flexibility index (Phi) is 7.07. The summed E-state index contributed by atoms with van der Waals surface area (Å²) in [5.41, 5.74) is -0.460. The minimum Gasteiger partial charge on any atom is -0.355 e. The fraction of sp³-hybridized carbons (Fsp3) is 0.864. The highest BCUT2D eigenvalue weighted by Gasteiger charge is 2.53. The van der Waals surface area contributed by atoms with Crippen molar-refractivity contribution >= 4 is 17.8 Å². The summed E-state index contributed by atoms with van der Waals surface area (Å²) in [5.74, 6) is 0.595. The molecule has 1 aliphatic carbocycles. The molecule has 4 amide bonds. The van der Waals surface area contributed by atoms with Crippen LogP contribution in [0, 0.1) is 11.3 Å². The van der Waals surface area contributed by atoms with Gasteiger partial charge in [-0.25, -0.2) is 9.69 Å². The Balaban J connectivity index is 1.48. The second kappa shape index (κ2) is 9.22. The van der Waals surface area contributed by atoms with E-state index in [0.717, 1.165) is 58.3 Å².